The van der Waals surface area contributed by atoms with E-state index >= 15 is 0 Å². The van der Waals surface area contributed by atoms with Gasteiger partial charge in [-0.1, -0.05) is 32.5 Å². The molecule has 0 spiro atoms. The number of likely N-dealkylation sites (N-methyl/N-ethyl adjacent to an activating group) is 1. The predicted molar refractivity (Wildman–Crippen MR) is 74.3 cm³/mol. The van der Waals surface area contributed by atoms with Gasteiger partial charge in [0.25, 0.3) is 0 Å². The van der Waals surface area contributed by atoms with Crippen molar-refractivity contribution in [2.45, 2.75) is 33.7 Å². The molecule has 2 atom stereocenters. The van der Waals surface area contributed by atoms with Gasteiger partial charge in [-0.3, -0.25) is 4.99 Å². The Morgan fingerprint density at radius 3 is 2.62 bits per heavy atom. The summed E-state index contributed by atoms with van der Waals surface area (Å²) in [6, 6.07) is 0.563. The molecule has 0 radical (unpaired) electrons. The third kappa shape index (κ3) is 4.34. The molecular weight excluding hydrogens is 218 g/mol. The summed E-state index contributed by atoms with van der Waals surface area (Å²) in [6.45, 7) is 13.2. The van der Waals surface area contributed by atoms with Crippen LogP contribution in [0.25, 0.3) is 0 Å². The molecule has 1 aliphatic rings. The molecular formula is C12H25N3S. The predicted octanol–water partition coefficient (Wildman–Crippen LogP) is 2.05. The molecule has 0 aromatic heterocycles. The van der Waals surface area contributed by atoms with Gasteiger partial charge >= 0.3 is 0 Å². The Balaban J connectivity index is 2.29. The minimum atomic E-state index is 0.563. The third-order valence-corrected chi connectivity index (χ3v) is 4.47. The Hall–Kier alpha value is -0.220. The number of hydrogen-bond donors (Lipinski definition) is 1. The molecule has 0 aromatic rings. The molecule has 0 saturated carbocycles. The fourth-order valence-corrected chi connectivity index (χ4v) is 2.82. The molecule has 0 bridgehead atoms. The first-order valence-corrected chi connectivity index (χ1v) is 7.32. The fraction of sp³-hybridized carbons (Fsp3) is 0.917. The first kappa shape index (κ1) is 13.8. The molecule has 0 aliphatic carbocycles. The lowest BCUT2D eigenvalue weighted by atomic mass is 10.1. The van der Waals surface area contributed by atoms with Crippen molar-refractivity contribution in [3.63, 3.8) is 0 Å². The van der Waals surface area contributed by atoms with Gasteiger partial charge in [0, 0.05) is 18.3 Å². The van der Waals surface area contributed by atoms with E-state index < -0.39 is 0 Å². The maximum atomic E-state index is 4.63. The highest BCUT2D eigenvalue weighted by atomic mass is 32.2. The van der Waals surface area contributed by atoms with Crippen LogP contribution in [0.1, 0.15) is 27.7 Å². The standard InChI is InChI=1S/C12H25N3S/c1-5-15(6-2)8-7-13-12-14-11(4)10(3)9-16-12/h10-11H,5-9H2,1-4H3,(H,13,14). The normalized spacial score (nSPS) is 28.4. The summed E-state index contributed by atoms with van der Waals surface area (Å²) >= 11 is 1.86. The second-order valence-electron chi connectivity index (χ2n) is 4.44. The zero-order chi connectivity index (χ0) is 12.0. The Labute approximate surface area is 104 Å². The van der Waals surface area contributed by atoms with Crippen molar-refractivity contribution in [1.29, 1.82) is 0 Å². The van der Waals surface area contributed by atoms with E-state index in [2.05, 4.69) is 42.9 Å². The van der Waals surface area contributed by atoms with Gasteiger partial charge in [0.15, 0.2) is 5.17 Å². The zero-order valence-corrected chi connectivity index (χ0v) is 11.8. The highest BCUT2D eigenvalue weighted by molar-refractivity contribution is 8.13. The van der Waals surface area contributed by atoms with Gasteiger partial charge in [0.1, 0.15) is 0 Å². The van der Waals surface area contributed by atoms with Gasteiger partial charge in [-0.25, -0.2) is 0 Å². The molecule has 0 amide bonds. The number of hydrogen-bond acceptors (Lipinski definition) is 3. The minimum absolute atomic E-state index is 0.563. The summed E-state index contributed by atoms with van der Waals surface area (Å²) in [6.07, 6.45) is 0. The highest BCUT2D eigenvalue weighted by Crippen LogP contribution is 2.18. The Kier molecular flexibility index (Phi) is 6.21. The molecule has 94 valence electrons. The first-order chi connectivity index (χ1) is 7.67. The highest BCUT2D eigenvalue weighted by Gasteiger charge is 2.20. The van der Waals surface area contributed by atoms with Gasteiger partial charge in [0.05, 0.1) is 6.54 Å². The second kappa shape index (κ2) is 7.17. The minimum Gasteiger partial charge on any atom is -0.362 e. The van der Waals surface area contributed by atoms with E-state index in [1.165, 1.54) is 5.75 Å². The summed E-state index contributed by atoms with van der Waals surface area (Å²) in [5, 5.41) is 4.61. The van der Waals surface area contributed by atoms with Crippen LogP contribution in [0.15, 0.2) is 4.99 Å². The van der Waals surface area contributed by atoms with E-state index in [1.807, 2.05) is 11.8 Å². The van der Waals surface area contributed by atoms with Crippen molar-refractivity contribution in [2.24, 2.45) is 10.9 Å². The average Bonchev–Trinajstić information content (AvgIpc) is 2.29. The summed E-state index contributed by atoms with van der Waals surface area (Å²) in [4.78, 5) is 7.04. The first-order valence-electron chi connectivity index (χ1n) is 6.33. The summed E-state index contributed by atoms with van der Waals surface area (Å²) in [5.41, 5.74) is 0. The fourth-order valence-electron chi connectivity index (χ4n) is 1.66. The maximum absolute atomic E-state index is 4.63. The number of amidine groups is 1. The Morgan fingerprint density at radius 1 is 1.38 bits per heavy atom. The lowest BCUT2D eigenvalue weighted by Gasteiger charge is -2.28. The van der Waals surface area contributed by atoms with Crippen LogP contribution in [0.3, 0.4) is 0 Å². The van der Waals surface area contributed by atoms with Crippen LogP contribution < -0.4 is 5.32 Å². The third-order valence-electron chi connectivity index (χ3n) is 3.25. The molecule has 4 heteroatoms. The quantitative estimate of drug-likeness (QED) is 0.801. The molecule has 3 nitrogen and oxygen atoms in total. The average molecular weight is 243 g/mol. The lowest BCUT2D eigenvalue weighted by Crippen LogP contribution is -2.41. The number of nitrogens with one attached hydrogen (secondary N) is 1. The van der Waals surface area contributed by atoms with Crippen LogP contribution in [0, 0.1) is 5.92 Å². The van der Waals surface area contributed by atoms with E-state index in [0.717, 1.165) is 37.3 Å². The maximum Gasteiger partial charge on any atom is 0.156 e. The van der Waals surface area contributed by atoms with Crippen molar-refractivity contribution in [3.05, 3.63) is 0 Å². The molecule has 1 aliphatic heterocycles. The van der Waals surface area contributed by atoms with E-state index in [4.69, 9.17) is 0 Å². The van der Waals surface area contributed by atoms with Crippen molar-refractivity contribution >= 4 is 16.9 Å². The largest absolute Gasteiger partial charge is 0.362 e. The topological polar surface area (TPSA) is 27.6 Å². The van der Waals surface area contributed by atoms with E-state index in [9.17, 15) is 0 Å². The van der Waals surface area contributed by atoms with E-state index in [-0.39, 0.29) is 0 Å². The van der Waals surface area contributed by atoms with Crippen LogP contribution in [-0.4, -0.2) is 48.0 Å². The molecule has 1 rings (SSSR count). The molecule has 2 unspecified atom stereocenters. The number of rotatable bonds is 5. The van der Waals surface area contributed by atoms with Crippen LogP contribution in [-0.2, 0) is 0 Å². The van der Waals surface area contributed by atoms with Gasteiger partial charge in [-0.2, -0.15) is 0 Å². The molecule has 1 heterocycles. The van der Waals surface area contributed by atoms with E-state index in [0.29, 0.717) is 6.04 Å². The van der Waals surface area contributed by atoms with Gasteiger partial charge < -0.3 is 10.2 Å². The molecule has 1 fully saturated rings. The molecule has 1 N–H and O–H groups in total. The van der Waals surface area contributed by atoms with Crippen LogP contribution in [0.2, 0.25) is 0 Å². The van der Waals surface area contributed by atoms with Gasteiger partial charge in [-0.15, -0.1) is 0 Å². The summed E-state index contributed by atoms with van der Waals surface area (Å²) < 4.78 is 0. The van der Waals surface area contributed by atoms with Crippen molar-refractivity contribution in [2.75, 3.05) is 31.9 Å². The van der Waals surface area contributed by atoms with Crippen molar-refractivity contribution in [3.8, 4) is 0 Å². The lowest BCUT2D eigenvalue weighted by molar-refractivity contribution is 0.313. The Morgan fingerprint density at radius 2 is 2.06 bits per heavy atom. The van der Waals surface area contributed by atoms with E-state index in [1.54, 1.807) is 0 Å². The van der Waals surface area contributed by atoms with Gasteiger partial charge in [-0.05, 0) is 25.9 Å². The number of aliphatic imine (C=N–C) groups is 1. The number of nitrogens with zero attached hydrogens (tertiary/aromatic N) is 2. The molecule has 1 saturated heterocycles. The molecule has 0 aromatic carbocycles. The van der Waals surface area contributed by atoms with Crippen molar-refractivity contribution < 1.29 is 0 Å². The van der Waals surface area contributed by atoms with Gasteiger partial charge in [0.2, 0.25) is 0 Å². The van der Waals surface area contributed by atoms with Crippen molar-refractivity contribution in [1.82, 2.24) is 10.2 Å². The Bertz CT molecular complexity index is 226. The van der Waals surface area contributed by atoms with Crippen LogP contribution in [0.4, 0.5) is 0 Å². The second-order valence-corrected chi connectivity index (χ2v) is 5.44. The van der Waals surface area contributed by atoms with Crippen LogP contribution in [0.5, 0.6) is 0 Å². The monoisotopic (exact) mass is 243 g/mol. The summed E-state index contributed by atoms with van der Waals surface area (Å²) in [5.74, 6) is 1.94. The SMILES string of the molecule is CCN(CC)CCN=C1NC(C)C(C)CS1. The number of thioether (sulfide) groups is 1. The zero-order valence-electron chi connectivity index (χ0n) is 11.0. The smallest absolute Gasteiger partial charge is 0.156 e. The van der Waals surface area contributed by atoms with Crippen LogP contribution >= 0.6 is 11.8 Å². The summed E-state index contributed by atoms with van der Waals surface area (Å²) in [7, 11) is 0. The molecule has 16 heavy (non-hydrogen) atoms.